The smallest absolute Gasteiger partial charge is 0.137 e. The quantitative estimate of drug-likeness (QED) is 0.618. The highest BCUT2D eigenvalue weighted by Gasteiger charge is 2.09. The van der Waals surface area contributed by atoms with Crippen LogP contribution >= 0.6 is 15.9 Å². The Bertz CT molecular complexity index is 368. The topological polar surface area (TPSA) is 26.0 Å². The molecule has 1 rings (SSSR count). The van der Waals surface area contributed by atoms with Gasteiger partial charge in [-0.05, 0) is 40.4 Å². The Morgan fingerprint density at radius 2 is 1.84 bits per heavy atom. The standard InChI is InChI=1S/C16H25BrFN/c1-2-3-4-5-6-7-10-14(19)12-13-9-8-11-15(18)16(13)17/h8-9,11,14H,2-7,10,12,19H2,1H3. The first-order valence-corrected chi connectivity index (χ1v) is 8.13. The van der Waals surface area contributed by atoms with E-state index in [-0.39, 0.29) is 11.9 Å². The van der Waals surface area contributed by atoms with Gasteiger partial charge in [0, 0.05) is 6.04 Å². The van der Waals surface area contributed by atoms with Gasteiger partial charge in [-0.15, -0.1) is 0 Å². The molecule has 19 heavy (non-hydrogen) atoms. The van der Waals surface area contributed by atoms with Gasteiger partial charge in [0.1, 0.15) is 5.82 Å². The van der Waals surface area contributed by atoms with E-state index in [0.717, 1.165) is 18.4 Å². The first kappa shape index (κ1) is 16.6. The summed E-state index contributed by atoms with van der Waals surface area (Å²) in [5.41, 5.74) is 7.09. The molecule has 108 valence electrons. The molecule has 0 aromatic heterocycles. The molecule has 2 N–H and O–H groups in total. The molecule has 0 saturated heterocycles. The molecule has 1 aromatic rings. The van der Waals surface area contributed by atoms with Crippen molar-refractivity contribution >= 4 is 15.9 Å². The highest BCUT2D eigenvalue weighted by Crippen LogP contribution is 2.22. The summed E-state index contributed by atoms with van der Waals surface area (Å²) in [6.45, 7) is 2.23. The van der Waals surface area contributed by atoms with Crippen LogP contribution in [0.15, 0.2) is 22.7 Å². The summed E-state index contributed by atoms with van der Waals surface area (Å²) in [4.78, 5) is 0. The third kappa shape index (κ3) is 6.53. The first-order valence-electron chi connectivity index (χ1n) is 7.33. The lowest BCUT2D eigenvalue weighted by Crippen LogP contribution is -2.22. The van der Waals surface area contributed by atoms with Crippen LogP contribution in [0.2, 0.25) is 0 Å². The largest absolute Gasteiger partial charge is 0.327 e. The predicted octanol–water partition coefficient (Wildman–Crippen LogP) is 5.21. The predicted molar refractivity (Wildman–Crippen MR) is 83.8 cm³/mol. The average Bonchev–Trinajstić information content (AvgIpc) is 2.39. The van der Waals surface area contributed by atoms with E-state index < -0.39 is 0 Å². The summed E-state index contributed by atoms with van der Waals surface area (Å²) in [6, 6.07) is 5.28. The van der Waals surface area contributed by atoms with Crippen LogP contribution in [0.4, 0.5) is 4.39 Å². The second-order valence-corrected chi connectivity index (χ2v) is 6.03. The van der Waals surface area contributed by atoms with Gasteiger partial charge in [0.05, 0.1) is 4.47 Å². The van der Waals surface area contributed by atoms with Crippen molar-refractivity contribution in [2.45, 2.75) is 64.3 Å². The summed E-state index contributed by atoms with van der Waals surface area (Å²) in [7, 11) is 0. The van der Waals surface area contributed by atoms with E-state index in [0.29, 0.717) is 4.47 Å². The fourth-order valence-electron chi connectivity index (χ4n) is 2.28. The van der Waals surface area contributed by atoms with Gasteiger partial charge in [0.2, 0.25) is 0 Å². The van der Waals surface area contributed by atoms with Crippen molar-refractivity contribution in [1.82, 2.24) is 0 Å². The minimum Gasteiger partial charge on any atom is -0.327 e. The molecule has 0 saturated carbocycles. The van der Waals surface area contributed by atoms with Crippen molar-refractivity contribution in [2.24, 2.45) is 5.73 Å². The number of hydrogen-bond donors (Lipinski definition) is 1. The van der Waals surface area contributed by atoms with Gasteiger partial charge in [0.15, 0.2) is 0 Å². The molecule has 1 atom stereocenters. The average molecular weight is 330 g/mol. The maximum absolute atomic E-state index is 13.4. The molecule has 0 heterocycles. The molecular formula is C16H25BrFN. The SMILES string of the molecule is CCCCCCCCC(N)Cc1cccc(F)c1Br. The van der Waals surface area contributed by atoms with E-state index >= 15 is 0 Å². The van der Waals surface area contributed by atoms with E-state index in [1.54, 1.807) is 6.07 Å². The molecule has 3 heteroatoms. The van der Waals surface area contributed by atoms with Gasteiger partial charge in [-0.3, -0.25) is 0 Å². The van der Waals surface area contributed by atoms with Crippen LogP contribution in [0.5, 0.6) is 0 Å². The third-order valence-electron chi connectivity index (χ3n) is 3.44. The lowest BCUT2D eigenvalue weighted by molar-refractivity contribution is 0.530. The van der Waals surface area contributed by atoms with Gasteiger partial charge < -0.3 is 5.73 Å². The molecular weight excluding hydrogens is 305 g/mol. The van der Waals surface area contributed by atoms with Gasteiger partial charge in [-0.25, -0.2) is 4.39 Å². The van der Waals surface area contributed by atoms with Crippen LogP contribution in [-0.4, -0.2) is 6.04 Å². The Kier molecular flexibility index (Phi) is 8.31. The lowest BCUT2D eigenvalue weighted by atomic mass is 10.0. The molecule has 0 fully saturated rings. The molecule has 0 aliphatic rings. The van der Waals surface area contributed by atoms with Gasteiger partial charge in [-0.2, -0.15) is 0 Å². The number of unbranched alkanes of at least 4 members (excludes halogenated alkanes) is 5. The summed E-state index contributed by atoms with van der Waals surface area (Å²) in [5.74, 6) is -0.204. The molecule has 0 amide bonds. The molecule has 0 aliphatic carbocycles. The summed E-state index contributed by atoms with van der Waals surface area (Å²) >= 11 is 3.29. The molecule has 0 spiro atoms. The normalized spacial score (nSPS) is 12.6. The fraction of sp³-hybridized carbons (Fsp3) is 0.625. The Labute approximate surface area is 124 Å². The van der Waals surface area contributed by atoms with Crippen LogP contribution in [0.1, 0.15) is 57.4 Å². The van der Waals surface area contributed by atoms with Crippen LogP contribution in [-0.2, 0) is 6.42 Å². The van der Waals surface area contributed by atoms with Crippen molar-refractivity contribution in [3.63, 3.8) is 0 Å². The summed E-state index contributed by atoms with van der Waals surface area (Å²) in [5, 5.41) is 0. The molecule has 0 radical (unpaired) electrons. The van der Waals surface area contributed by atoms with Crippen molar-refractivity contribution < 1.29 is 4.39 Å². The Balaban J connectivity index is 2.23. The molecule has 1 aromatic carbocycles. The zero-order valence-corrected chi connectivity index (χ0v) is 13.4. The maximum atomic E-state index is 13.4. The number of benzene rings is 1. The minimum absolute atomic E-state index is 0.129. The minimum atomic E-state index is -0.204. The number of rotatable bonds is 9. The lowest BCUT2D eigenvalue weighted by Gasteiger charge is -2.13. The Morgan fingerprint density at radius 3 is 2.58 bits per heavy atom. The van der Waals surface area contributed by atoms with E-state index in [1.165, 1.54) is 44.6 Å². The number of nitrogens with two attached hydrogens (primary N) is 1. The highest BCUT2D eigenvalue weighted by molar-refractivity contribution is 9.10. The Morgan fingerprint density at radius 1 is 1.16 bits per heavy atom. The second-order valence-electron chi connectivity index (χ2n) is 5.23. The summed E-state index contributed by atoms with van der Waals surface area (Å²) in [6.07, 6.45) is 9.47. The van der Waals surface area contributed by atoms with E-state index in [1.807, 2.05) is 6.07 Å². The Hall–Kier alpha value is -0.410. The highest BCUT2D eigenvalue weighted by atomic mass is 79.9. The van der Waals surface area contributed by atoms with Crippen molar-refractivity contribution in [2.75, 3.05) is 0 Å². The molecule has 0 aliphatic heterocycles. The van der Waals surface area contributed by atoms with Crippen molar-refractivity contribution in [3.8, 4) is 0 Å². The van der Waals surface area contributed by atoms with Crippen molar-refractivity contribution in [3.05, 3.63) is 34.1 Å². The third-order valence-corrected chi connectivity index (χ3v) is 4.33. The zero-order chi connectivity index (χ0) is 14.1. The number of hydrogen-bond acceptors (Lipinski definition) is 1. The van der Waals surface area contributed by atoms with Crippen molar-refractivity contribution in [1.29, 1.82) is 0 Å². The first-order chi connectivity index (χ1) is 9.15. The monoisotopic (exact) mass is 329 g/mol. The van der Waals surface area contributed by atoms with Gasteiger partial charge in [-0.1, -0.05) is 57.6 Å². The van der Waals surface area contributed by atoms with Crippen LogP contribution < -0.4 is 5.73 Å². The van der Waals surface area contributed by atoms with Crippen LogP contribution in [0.3, 0.4) is 0 Å². The molecule has 1 unspecified atom stereocenters. The molecule has 1 nitrogen and oxygen atoms in total. The maximum Gasteiger partial charge on any atom is 0.137 e. The van der Waals surface area contributed by atoms with E-state index in [2.05, 4.69) is 22.9 Å². The van der Waals surface area contributed by atoms with Crippen LogP contribution in [0, 0.1) is 5.82 Å². The second kappa shape index (κ2) is 9.49. The zero-order valence-electron chi connectivity index (χ0n) is 11.8. The van der Waals surface area contributed by atoms with E-state index in [4.69, 9.17) is 5.73 Å². The van der Waals surface area contributed by atoms with E-state index in [9.17, 15) is 4.39 Å². The molecule has 0 bridgehead atoms. The van der Waals surface area contributed by atoms with Crippen LogP contribution in [0.25, 0.3) is 0 Å². The fourth-order valence-corrected chi connectivity index (χ4v) is 2.70. The van der Waals surface area contributed by atoms with Gasteiger partial charge >= 0.3 is 0 Å². The number of halogens is 2. The summed E-state index contributed by atoms with van der Waals surface area (Å²) < 4.78 is 13.9. The van der Waals surface area contributed by atoms with Gasteiger partial charge in [0.25, 0.3) is 0 Å².